The summed E-state index contributed by atoms with van der Waals surface area (Å²) in [5.41, 5.74) is 3.99. The Bertz CT molecular complexity index is 809. The molecule has 2 heteroatoms. The van der Waals surface area contributed by atoms with E-state index in [1.807, 2.05) is 30.0 Å². The van der Waals surface area contributed by atoms with Gasteiger partial charge in [-0.3, -0.25) is 4.99 Å². The van der Waals surface area contributed by atoms with Gasteiger partial charge in [0.1, 0.15) is 0 Å². The highest BCUT2D eigenvalue weighted by Crippen LogP contribution is 2.48. The van der Waals surface area contributed by atoms with Crippen LogP contribution in [0.1, 0.15) is 30.3 Å². The van der Waals surface area contributed by atoms with Gasteiger partial charge >= 0.3 is 0 Å². The lowest BCUT2D eigenvalue weighted by Gasteiger charge is -2.20. The van der Waals surface area contributed by atoms with Gasteiger partial charge in [-0.15, -0.1) is 11.8 Å². The lowest BCUT2D eigenvalue weighted by Crippen LogP contribution is -2.13. The van der Waals surface area contributed by atoms with E-state index >= 15 is 0 Å². The fourth-order valence-electron chi connectivity index (χ4n) is 2.66. The Balaban J connectivity index is 1.71. The predicted molar refractivity (Wildman–Crippen MR) is 82.6 cm³/mol. The highest BCUT2D eigenvalue weighted by atomic mass is 32.2. The summed E-state index contributed by atoms with van der Waals surface area (Å²) in [6, 6.07) is 8.19. The van der Waals surface area contributed by atoms with Crippen molar-refractivity contribution in [3.05, 3.63) is 59.8 Å². The molecule has 3 unspecified atom stereocenters. The van der Waals surface area contributed by atoms with Crippen molar-refractivity contribution in [1.29, 1.82) is 0 Å². The Labute approximate surface area is 123 Å². The van der Waals surface area contributed by atoms with E-state index in [9.17, 15) is 0 Å². The third kappa shape index (κ3) is 1.91. The number of aliphatic imine (C=N–C) groups is 1. The molecule has 0 N–H and O–H groups in total. The summed E-state index contributed by atoms with van der Waals surface area (Å²) >= 11 is 1.82. The van der Waals surface area contributed by atoms with Gasteiger partial charge in [0, 0.05) is 24.8 Å². The minimum absolute atomic E-state index is 0.163. The van der Waals surface area contributed by atoms with E-state index in [1.54, 1.807) is 0 Å². The molecule has 0 aromatic heterocycles. The molecule has 2 heterocycles. The van der Waals surface area contributed by atoms with Crippen molar-refractivity contribution >= 4 is 23.0 Å². The molecule has 0 radical (unpaired) electrons. The number of nitrogens with zero attached hydrogens (tertiary/aromatic N) is 1. The van der Waals surface area contributed by atoms with E-state index in [2.05, 4.69) is 23.2 Å². The molecule has 3 atom stereocenters. The van der Waals surface area contributed by atoms with E-state index in [4.69, 9.17) is 5.48 Å². The average Bonchev–Trinajstić information content (AvgIpc) is 2.94. The summed E-state index contributed by atoms with van der Waals surface area (Å²) in [5, 5.41) is 0.307. The molecule has 0 spiro atoms. The number of thioether (sulfide) groups is 1. The molecule has 0 bridgehead atoms. The van der Waals surface area contributed by atoms with Crippen molar-refractivity contribution in [1.82, 2.24) is 0 Å². The van der Waals surface area contributed by atoms with Crippen molar-refractivity contribution in [2.45, 2.75) is 29.4 Å². The Morgan fingerprint density at radius 2 is 2.26 bits per heavy atom. The van der Waals surface area contributed by atoms with Crippen molar-refractivity contribution in [2.75, 3.05) is 0 Å². The maximum atomic E-state index is 8.19. The summed E-state index contributed by atoms with van der Waals surface area (Å²) in [4.78, 5) is 5.42. The zero-order chi connectivity index (χ0) is 16.1. The quantitative estimate of drug-likeness (QED) is 0.724. The van der Waals surface area contributed by atoms with Gasteiger partial charge in [-0.2, -0.15) is 0 Å². The number of rotatable bonds is 1. The lowest BCUT2D eigenvalue weighted by molar-refractivity contribution is 0.998. The van der Waals surface area contributed by atoms with E-state index in [0.717, 1.165) is 12.0 Å². The Morgan fingerprint density at radius 3 is 3.26 bits per heavy atom. The highest BCUT2D eigenvalue weighted by molar-refractivity contribution is 8.00. The number of hydrogen-bond acceptors (Lipinski definition) is 2. The minimum Gasteiger partial charge on any atom is -0.261 e. The van der Waals surface area contributed by atoms with Gasteiger partial charge in [-0.1, -0.05) is 36.4 Å². The largest absolute Gasteiger partial charge is 0.261 e. The van der Waals surface area contributed by atoms with Gasteiger partial charge in [0.05, 0.1) is 2.74 Å². The van der Waals surface area contributed by atoms with Crippen LogP contribution in [0.3, 0.4) is 0 Å². The van der Waals surface area contributed by atoms with Crippen molar-refractivity contribution in [2.24, 2.45) is 4.99 Å². The van der Waals surface area contributed by atoms with E-state index in [-0.39, 0.29) is 12.2 Å². The molecule has 94 valence electrons. The van der Waals surface area contributed by atoms with Crippen LogP contribution in [-0.2, 0) is 0 Å². The summed E-state index contributed by atoms with van der Waals surface area (Å²) in [6.07, 6.45) is 2.74. The first-order valence-corrected chi connectivity index (χ1v) is 7.22. The van der Waals surface area contributed by atoms with Crippen LogP contribution in [0.25, 0.3) is 5.57 Å². The van der Waals surface area contributed by atoms with Crippen LogP contribution in [0.5, 0.6) is 0 Å². The highest BCUT2D eigenvalue weighted by Gasteiger charge is 2.30. The van der Waals surface area contributed by atoms with Crippen LogP contribution in [0.4, 0.5) is 0 Å². The fraction of sp³-hybridized carbons (Fsp3) is 0.235. The third-order valence-electron chi connectivity index (χ3n) is 3.58. The molecule has 4 rings (SSSR count). The first-order valence-electron chi connectivity index (χ1n) is 8.49. The van der Waals surface area contributed by atoms with Crippen LogP contribution in [0.2, 0.25) is 0 Å². The van der Waals surface area contributed by atoms with Gasteiger partial charge in [0.15, 0.2) is 0 Å². The summed E-state index contributed by atoms with van der Waals surface area (Å²) in [5.74, 6) is 0. The van der Waals surface area contributed by atoms with Crippen LogP contribution in [0.15, 0.2) is 64.1 Å². The number of hydrogen-bond donors (Lipinski definition) is 0. The van der Waals surface area contributed by atoms with E-state index in [0.29, 0.717) is 11.0 Å². The molecule has 1 aromatic rings. The van der Waals surface area contributed by atoms with Crippen LogP contribution < -0.4 is 0 Å². The maximum absolute atomic E-state index is 8.19. The summed E-state index contributed by atoms with van der Waals surface area (Å²) in [7, 11) is 0. The second-order valence-corrected chi connectivity index (χ2v) is 5.95. The minimum atomic E-state index is -1.02. The van der Waals surface area contributed by atoms with Gasteiger partial charge in [-0.05, 0) is 42.0 Å². The van der Waals surface area contributed by atoms with Gasteiger partial charge in [0.25, 0.3) is 0 Å². The fourth-order valence-corrected chi connectivity index (χ4v) is 4.03. The molecule has 0 saturated carbocycles. The van der Waals surface area contributed by atoms with Crippen LogP contribution >= 0.6 is 11.8 Å². The van der Waals surface area contributed by atoms with Crippen molar-refractivity contribution in [3.63, 3.8) is 0 Å². The maximum Gasteiger partial charge on any atom is 0.0836 e. The topological polar surface area (TPSA) is 12.4 Å². The summed E-state index contributed by atoms with van der Waals surface area (Å²) in [6.45, 7) is 0. The molecular formula is C17H15NS. The lowest BCUT2D eigenvalue weighted by atomic mass is 9.89. The third-order valence-corrected chi connectivity index (χ3v) is 4.89. The molecule has 19 heavy (non-hydrogen) atoms. The monoisotopic (exact) mass is 269 g/mol. The second-order valence-electron chi connectivity index (χ2n) is 4.71. The molecule has 0 amide bonds. The molecular weight excluding hydrogens is 250 g/mol. The molecule has 0 saturated heterocycles. The van der Waals surface area contributed by atoms with Gasteiger partial charge in [0.2, 0.25) is 0 Å². The van der Waals surface area contributed by atoms with E-state index < -0.39 is 12.8 Å². The molecule has 2 aliphatic heterocycles. The predicted octanol–water partition coefficient (Wildman–Crippen LogP) is 4.62. The number of benzene rings is 1. The molecule has 1 aliphatic carbocycles. The van der Waals surface area contributed by atoms with Crippen molar-refractivity contribution in [3.8, 4) is 0 Å². The average molecular weight is 269 g/mol. The zero-order valence-corrected chi connectivity index (χ0v) is 11.1. The molecule has 0 fully saturated rings. The first-order chi connectivity index (χ1) is 11.1. The van der Waals surface area contributed by atoms with E-state index in [1.165, 1.54) is 16.0 Å². The van der Waals surface area contributed by atoms with Gasteiger partial charge < -0.3 is 0 Å². The standard InChI is InChI=1S/C17H15NS/c1-2-7-16-13(5-1)14-9-8-12(11-17(14)19-16)15-6-3-4-10-18-15/h1-2,4-5,7-10,17H,3,6,11H2/i3D,4D,6D,10D. The zero-order valence-electron chi connectivity index (χ0n) is 14.3. The van der Waals surface area contributed by atoms with Crippen molar-refractivity contribution < 1.29 is 5.48 Å². The smallest absolute Gasteiger partial charge is 0.0836 e. The normalized spacial score (nSPS) is 36.0. The van der Waals surface area contributed by atoms with Gasteiger partial charge in [-0.25, -0.2) is 0 Å². The second kappa shape index (κ2) is 4.53. The molecule has 3 aliphatic rings. The SMILES string of the molecule is [2H]C1=C([2H])C([2H])C([2H])C(C2=CC=C3c4ccccc4SC3C2)=N1. The summed E-state index contributed by atoms with van der Waals surface area (Å²) < 4.78 is 31.5. The Hall–Kier alpha value is -1.54. The first kappa shape index (κ1) is 7.91. The Morgan fingerprint density at radius 1 is 1.32 bits per heavy atom. The Kier molecular flexibility index (Phi) is 1.89. The van der Waals surface area contributed by atoms with Crippen LogP contribution in [0, 0.1) is 0 Å². The molecule has 1 nitrogen and oxygen atoms in total. The number of allylic oxidation sites excluding steroid dienone is 4. The molecule has 1 aromatic carbocycles. The van der Waals surface area contributed by atoms with Crippen LogP contribution in [-0.4, -0.2) is 11.0 Å². The number of fused-ring (bicyclic) bond motifs is 3.